The first-order chi connectivity index (χ1) is 6.79. The molecule has 0 aromatic heterocycles. The molecule has 1 N–H and O–H groups in total. The summed E-state index contributed by atoms with van der Waals surface area (Å²) in [5.74, 6) is 0.619. The molecule has 2 rings (SSSR count). The van der Waals surface area contributed by atoms with Crippen molar-refractivity contribution in [3.05, 3.63) is 35.1 Å². The van der Waals surface area contributed by atoms with Crippen molar-refractivity contribution in [2.75, 3.05) is 13.6 Å². The summed E-state index contributed by atoms with van der Waals surface area (Å²) in [6.45, 7) is 1.07. The molecule has 2 heteroatoms. The first-order valence-corrected chi connectivity index (χ1v) is 5.21. The first kappa shape index (κ1) is 9.66. The molecule has 76 valence electrons. The largest absolute Gasteiger partial charge is 0.319 e. The standard InChI is InChI=1S/C12H16FN/c1-14-8-9-2-3-11-7-12(13)5-4-10(11)6-9/h4-5,7,9,14H,2-3,6,8H2,1H3. The van der Waals surface area contributed by atoms with Crippen molar-refractivity contribution < 1.29 is 4.39 Å². The highest BCUT2D eigenvalue weighted by atomic mass is 19.1. The van der Waals surface area contributed by atoms with Gasteiger partial charge >= 0.3 is 0 Å². The SMILES string of the molecule is CNCC1CCc2cc(F)ccc2C1. The van der Waals surface area contributed by atoms with E-state index >= 15 is 0 Å². The van der Waals surface area contributed by atoms with Crippen LogP contribution >= 0.6 is 0 Å². The third kappa shape index (κ3) is 1.95. The number of hydrogen-bond donors (Lipinski definition) is 1. The third-order valence-corrected chi connectivity index (χ3v) is 2.99. The Morgan fingerprint density at radius 2 is 2.29 bits per heavy atom. The van der Waals surface area contributed by atoms with E-state index in [1.807, 2.05) is 13.1 Å². The van der Waals surface area contributed by atoms with Crippen LogP contribution in [0.2, 0.25) is 0 Å². The number of benzene rings is 1. The van der Waals surface area contributed by atoms with E-state index in [1.165, 1.54) is 17.5 Å². The van der Waals surface area contributed by atoms with Crippen LogP contribution in [0, 0.1) is 11.7 Å². The van der Waals surface area contributed by atoms with Crippen molar-refractivity contribution in [3.8, 4) is 0 Å². The fraction of sp³-hybridized carbons (Fsp3) is 0.500. The first-order valence-electron chi connectivity index (χ1n) is 5.21. The van der Waals surface area contributed by atoms with Gasteiger partial charge in [0, 0.05) is 0 Å². The molecule has 14 heavy (non-hydrogen) atoms. The molecule has 1 aromatic rings. The highest BCUT2D eigenvalue weighted by molar-refractivity contribution is 5.30. The van der Waals surface area contributed by atoms with E-state index in [0.717, 1.165) is 25.3 Å². The van der Waals surface area contributed by atoms with Gasteiger partial charge in [-0.1, -0.05) is 6.07 Å². The van der Waals surface area contributed by atoms with Crippen LogP contribution in [0.5, 0.6) is 0 Å². The number of rotatable bonds is 2. The Labute approximate surface area is 84.3 Å². The van der Waals surface area contributed by atoms with E-state index in [-0.39, 0.29) is 5.82 Å². The van der Waals surface area contributed by atoms with E-state index in [0.29, 0.717) is 0 Å². The van der Waals surface area contributed by atoms with Crippen LogP contribution in [0.3, 0.4) is 0 Å². The summed E-state index contributed by atoms with van der Waals surface area (Å²) in [6.07, 6.45) is 3.30. The van der Waals surface area contributed by atoms with Gasteiger partial charge in [0.05, 0.1) is 0 Å². The maximum atomic E-state index is 12.9. The molecule has 1 aliphatic rings. The number of halogens is 1. The Morgan fingerprint density at radius 1 is 1.43 bits per heavy atom. The molecule has 0 heterocycles. The highest BCUT2D eigenvalue weighted by Gasteiger charge is 2.17. The molecule has 0 spiro atoms. The topological polar surface area (TPSA) is 12.0 Å². The molecule has 1 unspecified atom stereocenters. The van der Waals surface area contributed by atoms with Crippen LogP contribution in [0.4, 0.5) is 4.39 Å². The maximum Gasteiger partial charge on any atom is 0.123 e. The van der Waals surface area contributed by atoms with Crippen molar-refractivity contribution in [1.82, 2.24) is 5.32 Å². The summed E-state index contributed by atoms with van der Waals surface area (Å²) in [6, 6.07) is 5.19. The second-order valence-electron chi connectivity index (χ2n) is 4.08. The van der Waals surface area contributed by atoms with E-state index in [9.17, 15) is 4.39 Å². The fourth-order valence-electron chi connectivity index (χ4n) is 2.26. The van der Waals surface area contributed by atoms with Gasteiger partial charge in [0.15, 0.2) is 0 Å². The van der Waals surface area contributed by atoms with Crippen molar-refractivity contribution in [2.24, 2.45) is 5.92 Å². The van der Waals surface area contributed by atoms with Gasteiger partial charge in [0.25, 0.3) is 0 Å². The maximum absolute atomic E-state index is 12.9. The second kappa shape index (κ2) is 4.09. The summed E-state index contributed by atoms with van der Waals surface area (Å²) >= 11 is 0. The fourth-order valence-corrected chi connectivity index (χ4v) is 2.26. The Balaban J connectivity index is 2.15. The molecule has 1 aliphatic carbocycles. The average Bonchev–Trinajstić information content (AvgIpc) is 2.19. The average molecular weight is 193 g/mol. The van der Waals surface area contributed by atoms with Gasteiger partial charge in [-0.25, -0.2) is 4.39 Å². The van der Waals surface area contributed by atoms with Gasteiger partial charge < -0.3 is 5.32 Å². The minimum Gasteiger partial charge on any atom is -0.319 e. The molecule has 0 saturated heterocycles. The van der Waals surface area contributed by atoms with Crippen molar-refractivity contribution in [1.29, 1.82) is 0 Å². The van der Waals surface area contributed by atoms with Crippen molar-refractivity contribution >= 4 is 0 Å². The van der Waals surface area contributed by atoms with E-state index in [2.05, 4.69) is 5.32 Å². The van der Waals surface area contributed by atoms with Gasteiger partial charge in [0.1, 0.15) is 5.82 Å². The van der Waals surface area contributed by atoms with E-state index in [4.69, 9.17) is 0 Å². The lowest BCUT2D eigenvalue weighted by molar-refractivity contribution is 0.438. The highest BCUT2D eigenvalue weighted by Crippen LogP contribution is 2.25. The second-order valence-corrected chi connectivity index (χ2v) is 4.08. The van der Waals surface area contributed by atoms with Crippen molar-refractivity contribution in [2.45, 2.75) is 19.3 Å². The quantitative estimate of drug-likeness (QED) is 0.759. The monoisotopic (exact) mass is 193 g/mol. The summed E-state index contributed by atoms with van der Waals surface area (Å²) in [4.78, 5) is 0. The molecular formula is C12H16FN. The van der Waals surface area contributed by atoms with Crippen LogP contribution in [-0.2, 0) is 12.8 Å². The molecule has 0 bridgehead atoms. The van der Waals surface area contributed by atoms with Gasteiger partial charge in [-0.15, -0.1) is 0 Å². The van der Waals surface area contributed by atoms with Crippen LogP contribution < -0.4 is 5.32 Å². The molecule has 1 nitrogen and oxygen atoms in total. The lowest BCUT2D eigenvalue weighted by Crippen LogP contribution is -2.24. The predicted octanol–water partition coefficient (Wildman–Crippen LogP) is 2.15. The van der Waals surface area contributed by atoms with Gasteiger partial charge in [-0.3, -0.25) is 0 Å². The Bertz CT molecular complexity index is 322. The lowest BCUT2D eigenvalue weighted by Gasteiger charge is -2.24. The number of hydrogen-bond acceptors (Lipinski definition) is 1. The molecule has 0 radical (unpaired) electrons. The molecule has 0 fully saturated rings. The van der Waals surface area contributed by atoms with Gasteiger partial charge in [-0.05, 0) is 62.0 Å². The smallest absolute Gasteiger partial charge is 0.123 e. The van der Waals surface area contributed by atoms with E-state index < -0.39 is 0 Å². The minimum atomic E-state index is -0.101. The zero-order chi connectivity index (χ0) is 9.97. The van der Waals surface area contributed by atoms with Crippen LogP contribution in [0.15, 0.2) is 18.2 Å². The molecule has 1 atom stereocenters. The summed E-state index contributed by atoms with van der Waals surface area (Å²) < 4.78 is 12.9. The van der Waals surface area contributed by atoms with Crippen LogP contribution in [-0.4, -0.2) is 13.6 Å². The third-order valence-electron chi connectivity index (χ3n) is 2.99. The molecule has 0 aliphatic heterocycles. The molecule has 1 aromatic carbocycles. The Morgan fingerprint density at radius 3 is 3.07 bits per heavy atom. The predicted molar refractivity (Wildman–Crippen MR) is 55.8 cm³/mol. The zero-order valence-corrected chi connectivity index (χ0v) is 8.52. The zero-order valence-electron chi connectivity index (χ0n) is 8.52. The van der Waals surface area contributed by atoms with Crippen molar-refractivity contribution in [3.63, 3.8) is 0 Å². The van der Waals surface area contributed by atoms with Crippen LogP contribution in [0.1, 0.15) is 17.5 Å². The summed E-state index contributed by atoms with van der Waals surface area (Å²) in [7, 11) is 1.99. The lowest BCUT2D eigenvalue weighted by atomic mass is 9.84. The number of nitrogens with one attached hydrogen (secondary N) is 1. The molecule has 0 amide bonds. The molecular weight excluding hydrogens is 177 g/mol. The van der Waals surface area contributed by atoms with E-state index in [1.54, 1.807) is 12.1 Å². The summed E-state index contributed by atoms with van der Waals surface area (Å²) in [5.41, 5.74) is 2.54. The molecule has 0 saturated carbocycles. The van der Waals surface area contributed by atoms with Gasteiger partial charge in [0.2, 0.25) is 0 Å². The van der Waals surface area contributed by atoms with Gasteiger partial charge in [-0.2, -0.15) is 0 Å². The normalized spacial score (nSPS) is 20.6. The summed E-state index contributed by atoms with van der Waals surface area (Å²) in [5, 5.41) is 3.21. The number of fused-ring (bicyclic) bond motifs is 1. The van der Waals surface area contributed by atoms with Crippen LogP contribution in [0.25, 0.3) is 0 Å². The Kier molecular flexibility index (Phi) is 2.82. The number of aryl methyl sites for hydroxylation is 1. The Hall–Kier alpha value is -0.890. The minimum absolute atomic E-state index is 0.101.